The van der Waals surface area contributed by atoms with Crippen LogP contribution in [-0.2, 0) is 0 Å². The SMILES string of the molecule is CNCC(=Cc1cccc(OC)c1)Oc1ccccc1. The minimum atomic E-state index is 0.659. The summed E-state index contributed by atoms with van der Waals surface area (Å²) >= 11 is 0. The van der Waals surface area contributed by atoms with Crippen molar-refractivity contribution in [2.75, 3.05) is 20.7 Å². The minimum absolute atomic E-state index is 0.659. The van der Waals surface area contributed by atoms with Crippen molar-refractivity contribution >= 4 is 6.08 Å². The number of hydrogen-bond donors (Lipinski definition) is 1. The molecule has 0 unspecified atom stereocenters. The molecule has 20 heavy (non-hydrogen) atoms. The van der Waals surface area contributed by atoms with Crippen LogP contribution in [0.25, 0.3) is 6.08 Å². The molecule has 0 radical (unpaired) electrons. The Hall–Kier alpha value is -2.26. The Morgan fingerprint density at radius 1 is 1.05 bits per heavy atom. The molecule has 0 aromatic heterocycles. The van der Waals surface area contributed by atoms with E-state index in [0.717, 1.165) is 22.8 Å². The van der Waals surface area contributed by atoms with Gasteiger partial charge in [-0.25, -0.2) is 0 Å². The highest BCUT2D eigenvalue weighted by Gasteiger charge is 2.01. The summed E-state index contributed by atoms with van der Waals surface area (Å²) in [6.45, 7) is 0.659. The zero-order valence-electron chi connectivity index (χ0n) is 11.8. The quantitative estimate of drug-likeness (QED) is 0.816. The maximum atomic E-state index is 5.89. The van der Waals surface area contributed by atoms with E-state index in [0.29, 0.717) is 6.54 Å². The van der Waals surface area contributed by atoms with Crippen molar-refractivity contribution in [3.8, 4) is 11.5 Å². The summed E-state index contributed by atoms with van der Waals surface area (Å²) in [5.74, 6) is 2.52. The van der Waals surface area contributed by atoms with Gasteiger partial charge in [-0.2, -0.15) is 0 Å². The van der Waals surface area contributed by atoms with Crippen LogP contribution in [0.15, 0.2) is 60.4 Å². The summed E-state index contributed by atoms with van der Waals surface area (Å²) in [7, 11) is 3.56. The number of para-hydroxylation sites is 1. The predicted octanol–water partition coefficient (Wildman–Crippen LogP) is 3.33. The first-order valence-corrected chi connectivity index (χ1v) is 6.54. The number of ether oxygens (including phenoxy) is 2. The highest BCUT2D eigenvalue weighted by atomic mass is 16.5. The van der Waals surface area contributed by atoms with E-state index < -0.39 is 0 Å². The fourth-order valence-corrected chi connectivity index (χ4v) is 1.85. The van der Waals surface area contributed by atoms with E-state index in [1.165, 1.54) is 0 Å². The molecule has 0 atom stereocenters. The Morgan fingerprint density at radius 2 is 1.80 bits per heavy atom. The van der Waals surface area contributed by atoms with Crippen LogP contribution >= 0.6 is 0 Å². The van der Waals surface area contributed by atoms with Gasteiger partial charge in [-0.1, -0.05) is 30.3 Å². The largest absolute Gasteiger partial charge is 0.497 e. The third-order valence-corrected chi connectivity index (χ3v) is 2.76. The second-order valence-corrected chi connectivity index (χ2v) is 4.33. The van der Waals surface area contributed by atoms with Crippen molar-refractivity contribution in [1.29, 1.82) is 0 Å². The average Bonchev–Trinajstić information content (AvgIpc) is 2.49. The van der Waals surface area contributed by atoms with E-state index in [1.807, 2.05) is 67.7 Å². The van der Waals surface area contributed by atoms with Crippen LogP contribution in [0.4, 0.5) is 0 Å². The Kier molecular flexibility index (Phi) is 5.21. The number of benzene rings is 2. The Balaban J connectivity index is 2.20. The van der Waals surface area contributed by atoms with Gasteiger partial charge in [0.15, 0.2) is 0 Å². The van der Waals surface area contributed by atoms with Crippen LogP contribution in [0.5, 0.6) is 11.5 Å². The Morgan fingerprint density at radius 3 is 2.50 bits per heavy atom. The maximum absolute atomic E-state index is 5.89. The van der Waals surface area contributed by atoms with Crippen LogP contribution in [0.2, 0.25) is 0 Å². The molecule has 0 amide bonds. The van der Waals surface area contributed by atoms with Gasteiger partial charge in [0, 0.05) is 0 Å². The second kappa shape index (κ2) is 7.36. The molecule has 3 heteroatoms. The Labute approximate surface area is 119 Å². The standard InChI is InChI=1S/C17H19NO2/c1-18-13-17(20-15-8-4-3-5-9-15)12-14-7-6-10-16(11-14)19-2/h3-12,18H,13H2,1-2H3. The summed E-state index contributed by atoms with van der Waals surface area (Å²) in [6, 6.07) is 17.6. The smallest absolute Gasteiger partial charge is 0.127 e. The van der Waals surface area contributed by atoms with E-state index in [-0.39, 0.29) is 0 Å². The molecule has 2 aromatic carbocycles. The Bertz CT molecular complexity index is 564. The van der Waals surface area contributed by atoms with Crippen molar-refractivity contribution in [3.05, 3.63) is 65.9 Å². The number of likely N-dealkylation sites (N-methyl/N-ethyl adjacent to an activating group) is 1. The van der Waals surface area contributed by atoms with Crippen molar-refractivity contribution in [2.24, 2.45) is 0 Å². The molecule has 0 saturated carbocycles. The maximum Gasteiger partial charge on any atom is 0.127 e. The molecule has 0 fully saturated rings. The fourth-order valence-electron chi connectivity index (χ4n) is 1.85. The van der Waals surface area contributed by atoms with E-state index >= 15 is 0 Å². The zero-order chi connectivity index (χ0) is 14.2. The molecule has 0 aliphatic rings. The molecule has 1 N–H and O–H groups in total. The summed E-state index contributed by atoms with van der Waals surface area (Å²) in [4.78, 5) is 0. The lowest BCUT2D eigenvalue weighted by atomic mass is 10.2. The molecular formula is C17H19NO2. The number of nitrogens with one attached hydrogen (secondary N) is 1. The molecule has 3 nitrogen and oxygen atoms in total. The molecule has 0 heterocycles. The molecule has 2 rings (SSSR count). The molecule has 0 spiro atoms. The molecule has 0 bridgehead atoms. The topological polar surface area (TPSA) is 30.5 Å². The number of hydrogen-bond acceptors (Lipinski definition) is 3. The molecule has 104 valence electrons. The van der Waals surface area contributed by atoms with Gasteiger partial charge in [-0.15, -0.1) is 0 Å². The summed E-state index contributed by atoms with van der Waals surface area (Å²) in [5, 5.41) is 3.11. The number of methoxy groups -OCH3 is 1. The van der Waals surface area contributed by atoms with Crippen LogP contribution in [0.1, 0.15) is 5.56 Å². The van der Waals surface area contributed by atoms with Crippen LogP contribution in [-0.4, -0.2) is 20.7 Å². The van der Waals surface area contributed by atoms with Gasteiger partial charge < -0.3 is 14.8 Å². The summed E-state index contributed by atoms with van der Waals surface area (Å²) < 4.78 is 11.1. The fraction of sp³-hybridized carbons (Fsp3) is 0.176. The monoisotopic (exact) mass is 269 g/mol. The first-order chi connectivity index (χ1) is 9.81. The molecule has 2 aromatic rings. The lowest BCUT2D eigenvalue weighted by Crippen LogP contribution is -2.14. The lowest BCUT2D eigenvalue weighted by Gasteiger charge is -2.10. The summed E-state index contributed by atoms with van der Waals surface area (Å²) in [5.41, 5.74) is 1.05. The first-order valence-electron chi connectivity index (χ1n) is 6.54. The highest BCUT2D eigenvalue weighted by Crippen LogP contribution is 2.18. The highest BCUT2D eigenvalue weighted by molar-refractivity contribution is 5.54. The zero-order valence-corrected chi connectivity index (χ0v) is 11.8. The van der Waals surface area contributed by atoms with Crippen molar-refractivity contribution in [3.63, 3.8) is 0 Å². The van der Waals surface area contributed by atoms with Crippen LogP contribution < -0.4 is 14.8 Å². The van der Waals surface area contributed by atoms with Gasteiger partial charge in [-0.05, 0) is 43.0 Å². The normalized spacial score (nSPS) is 11.2. The van der Waals surface area contributed by atoms with Crippen LogP contribution in [0, 0.1) is 0 Å². The third kappa shape index (κ3) is 4.14. The van der Waals surface area contributed by atoms with Crippen molar-refractivity contribution < 1.29 is 9.47 Å². The van der Waals surface area contributed by atoms with Crippen molar-refractivity contribution in [1.82, 2.24) is 5.32 Å². The van der Waals surface area contributed by atoms with Crippen molar-refractivity contribution in [2.45, 2.75) is 0 Å². The predicted molar refractivity (Wildman–Crippen MR) is 82.0 cm³/mol. The first kappa shape index (κ1) is 14.2. The van der Waals surface area contributed by atoms with Gasteiger partial charge in [0.2, 0.25) is 0 Å². The second-order valence-electron chi connectivity index (χ2n) is 4.33. The van der Waals surface area contributed by atoms with Gasteiger partial charge >= 0.3 is 0 Å². The molecule has 0 aliphatic carbocycles. The molecular weight excluding hydrogens is 250 g/mol. The van der Waals surface area contributed by atoms with Gasteiger partial charge in [0.05, 0.1) is 13.7 Å². The van der Waals surface area contributed by atoms with Gasteiger partial charge in [0.25, 0.3) is 0 Å². The third-order valence-electron chi connectivity index (χ3n) is 2.76. The van der Waals surface area contributed by atoms with Crippen LogP contribution in [0.3, 0.4) is 0 Å². The van der Waals surface area contributed by atoms with E-state index in [9.17, 15) is 0 Å². The van der Waals surface area contributed by atoms with E-state index in [1.54, 1.807) is 7.11 Å². The molecule has 0 saturated heterocycles. The summed E-state index contributed by atoms with van der Waals surface area (Å²) in [6.07, 6.45) is 2.01. The van der Waals surface area contributed by atoms with Gasteiger partial charge in [0.1, 0.15) is 17.3 Å². The molecule has 0 aliphatic heterocycles. The average molecular weight is 269 g/mol. The van der Waals surface area contributed by atoms with E-state index in [4.69, 9.17) is 9.47 Å². The van der Waals surface area contributed by atoms with Gasteiger partial charge in [-0.3, -0.25) is 0 Å². The lowest BCUT2D eigenvalue weighted by molar-refractivity contribution is 0.412. The number of rotatable bonds is 6. The van der Waals surface area contributed by atoms with E-state index in [2.05, 4.69) is 5.32 Å². The minimum Gasteiger partial charge on any atom is -0.497 e.